The monoisotopic (exact) mass is 385 g/mol. The molecule has 10 heteroatoms. The lowest BCUT2D eigenvalue weighted by Gasteiger charge is -2.09. The Hall–Kier alpha value is -2.46. The van der Waals surface area contributed by atoms with Gasteiger partial charge >= 0.3 is 5.97 Å². The van der Waals surface area contributed by atoms with E-state index in [-0.39, 0.29) is 16.7 Å². The van der Waals surface area contributed by atoms with Crippen molar-refractivity contribution in [3.8, 4) is 0 Å². The summed E-state index contributed by atoms with van der Waals surface area (Å²) in [4.78, 5) is 33.8. The van der Waals surface area contributed by atoms with Crippen LogP contribution in [0.25, 0.3) is 0 Å². The van der Waals surface area contributed by atoms with Gasteiger partial charge in [-0.1, -0.05) is 13.8 Å². The van der Waals surface area contributed by atoms with Crippen LogP contribution in [0.1, 0.15) is 20.8 Å². The van der Waals surface area contributed by atoms with Crippen LogP contribution >= 0.6 is 0 Å². The predicted octanol–water partition coefficient (Wildman–Crippen LogP) is 0.239. The number of amides is 2. The van der Waals surface area contributed by atoms with E-state index in [0.717, 1.165) is 0 Å². The molecular weight excluding hydrogens is 362 g/mol. The van der Waals surface area contributed by atoms with E-state index in [4.69, 9.17) is 4.74 Å². The van der Waals surface area contributed by atoms with Gasteiger partial charge in [0.1, 0.15) is 6.54 Å². The van der Waals surface area contributed by atoms with E-state index in [1.165, 1.54) is 31.2 Å². The molecule has 0 aliphatic rings. The summed E-state index contributed by atoms with van der Waals surface area (Å²) >= 11 is 0. The van der Waals surface area contributed by atoms with Crippen molar-refractivity contribution in [3.05, 3.63) is 24.3 Å². The first kappa shape index (κ1) is 21.6. The van der Waals surface area contributed by atoms with Crippen molar-refractivity contribution in [2.45, 2.75) is 25.7 Å². The topological polar surface area (TPSA) is 131 Å². The van der Waals surface area contributed by atoms with Gasteiger partial charge in [-0.25, -0.2) is 8.42 Å². The van der Waals surface area contributed by atoms with Crippen molar-refractivity contribution >= 4 is 33.5 Å². The minimum atomic E-state index is -3.92. The fraction of sp³-hybridized carbons (Fsp3) is 0.438. The van der Waals surface area contributed by atoms with Gasteiger partial charge in [0.25, 0.3) is 5.91 Å². The minimum absolute atomic E-state index is 0.0749. The van der Waals surface area contributed by atoms with Gasteiger partial charge in [-0.15, -0.1) is 0 Å². The van der Waals surface area contributed by atoms with Gasteiger partial charge in [0.2, 0.25) is 15.9 Å². The largest absolute Gasteiger partial charge is 0.455 e. The molecule has 0 spiro atoms. The fourth-order valence-electron chi connectivity index (χ4n) is 1.72. The van der Waals surface area contributed by atoms with Gasteiger partial charge in [0.15, 0.2) is 6.61 Å². The maximum Gasteiger partial charge on any atom is 0.321 e. The Balaban J connectivity index is 2.48. The van der Waals surface area contributed by atoms with Crippen LogP contribution < -0.4 is 15.4 Å². The highest BCUT2D eigenvalue weighted by atomic mass is 32.2. The van der Waals surface area contributed by atoms with Crippen LogP contribution in [0, 0.1) is 5.92 Å². The van der Waals surface area contributed by atoms with E-state index in [0.29, 0.717) is 12.2 Å². The number of benzene rings is 1. The lowest BCUT2D eigenvalue weighted by molar-refractivity contribution is -0.147. The lowest BCUT2D eigenvalue weighted by atomic mass is 10.2. The SMILES string of the molecule is CC(=O)Nc1ccc(S(=O)(=O)NCC(=O)OCC(=O)NCC(C)C)cc1. The number of ether oxygens (including phenoxy) is 1. The molecule has 1 aromatic rings. The number of rotatable bonds is 9. The van der Waals surface area contributed by atoms with E-state index < -0.39 is 35.1 Å². The Morgan fingerprint density at radius 3 is 2.27 bits per heavy atom. The predicted molar refractivity (Wildman–Crippen MR) is 94.7 cm³/mol. The second-order valence-electron chi connectivity index (χ2n) is 5.89. The molecular formula is C16H23N3O6S. The van der Waals surface area contributed by atoms with Crippen LogP contribution in [0.3, 0.4) is 0 Å². The van der Waals surface area contributed by atoms with Crippen LogP contribution in [-0.2, 0) is 29.1 Å². The van der Waals surface area contributed by atoms with Crippen molar-refractivity contribution in [3.63, 3.8) is 0 Å². The Morgan fingerprint density at radius 1 is 1.12 bits per heavy atom. The third kappa shape index (κ3) is 8.08. The van der Waals surface area contributed by atoms with Crippen molar-refractivity contribution in [1.29, 1.82) is 0 Å². The molecule has 9 nitrogen and oxygen atoms in total. The first-order valence-electron chi connectivity index (χ1n) is 7.90. The summed E-state index contributed by atoms with van der Waals surface area (Å²) in [6.07, 6.45) is 0. The normalized spacial score (nSPS) is 11.1. The molecule has 0 aliphatic carbocycles. The number of carbonyl (C=O) groups is 3. The number of esters is 1. The molecule has 1 rings (SSSR count). The molecule has 26 heavy (non-hydrogen) atoms. The van der Waals surface area contributed by atoms with Crippen molar-refractivity contribution < 1.29 is 27.5 Å². The summed E-state index contributed by atoms with van der Waals surface area (Å²) in [6.45, 7) is 4.55. The Morgan fingerprint density at radius 2 is 1.73 bits per heavy atom. The summed E-state index contributed by atoms with van der Waals surface area (Å²) in [5, 5.41) is 5.08. The molecule has 3 N–H and O–H groups in total. The van der Waals surface area contributed by atoms with Crippen LogP contribution in [0.2, 0.25) is 0 Å². The Kier molecular flexibility index (Phi) is 8.20. The number of hydrogen-bond donors (Lipinski definition) is 3. The molecule has 0 unspecified atom stereocenters. The molecule has 0 heterocycles. The van der Waals surface area contributed by atoms with Gasteiger partial charge in [-0.3, -0.25) is 14.4 Å². The molecule has 0 aliphatic heterocycles. The maximum atomic E-state index is 12.1. The lowest BCUT2D eigenvalue weighted by Crippen LogP contribution is -2.35. The van der Waals surface area contributed by atoms with Crippen molar-refractivity contribution in [2.24, 2.45) is 5.92 Å². The highest BCUT2D eigenvalue weighted by Gasteiger charge is 2.16. The molecule has 0 aromatic heterocycles. The molecule has 144 valence electrons. The molecule has 0 radical (unpaired) electrons. The van der Waals surface area contributed by atoms with Gasteiger partial charge in [0, 0.05) is 19.2 Å². The summed E-state index contributed by atoms with van der Waals surface area (Å²) in [5.41, 5.74) is 0.447. The van der Waals surface area contributed by atoms with Crippen molar-refractivity contribution in [2.75, 3.05) is 25.0 Å². The first-order valence-corrected chi connectivity index (χ1v) is 9.38. The molecule has 2 amide bonds. The highest BCUT2D eigenvalue weighted by Crippen LogP contribution is 2.13. The van der Waals surface area contributed by atoms with Crippen LogP contribution in [0.4, 0.5) is 5.69 Å². The van der Waals surface area contributed by atoms with E-state index in [1.807, 2.05) is 13.8 Å². The number of hydrogen-bond acceptors (Lipinski definition) is 6. The van der Waals surface area contributed by atoms with E-state index in [1.54, 1.807) is 0 Å². The third-order valence-corrected chi connectivity index (χ3v) is 4.38. The molecule has 0 saturated carbocycles. The third-order valence-electron chi connectivity index (χ3n) is 2.96. The molecule has 0 saturated heterocycles. The zero-order valence-corrected chi connectivity index (χ0v) is 15.7. The van der Waals surface area contributed by atoms with E-state index >= 15 is 0 Å². The van der Waals surface area contributed by atoms with Gasteiger partial charge < -0.3 is 15.4 Å². The Labute approximate surface area is 152 Å². The quantitative estimate of drug-likeness (QED) is 0.522. The summed E-state index contributed by atoms with van der Waals surface area (Å²) in [5.74, 6) is -1.34. The maximum absolute atomic E-state index is 12.1. The zero-order valence-electron chi connectivity index (χ0n) is 14.9. The first-order chi connectivity index (χ1) is 12.1. The van der Waals surface area contributed by atoms with Crippen LogP contribution in [0.5, 0.6) is 0 Å². The van der Waals surface area contributed by atoms with Crippen LogP contribution in [0.15, 0.2) is 29.2 Å². The van der Waals surface area contributed by atoms with Crippen LogP contribution in [-0.4, -0.2) is 45.9 Å². The number of anilines is 1. The summed E-state index contributed by atoms with van der Waals surface area (Å²) in [6, 6.07) is 5.43. The van der Waals surface area contributed by atoms with E-state index in [9.17, 15) is 22.8 Å². The molecule has 1 aromatic carbocycles. The average Bonchev–Trinajstić information content (AvgIpc) is 2.56. The number of carbonyl (C=O) groups excluding carboxylic acids is 3. The Bertz CT molecular complexity index is 744. The zero-order chi connectivity index (χ0) is 19.7. The summed E-state index contributed by atoms with van der Waals surface area (Å²) < 4.78 is 31.0. The smallest absolute Gasteiger partial charge is 0.321 e. The van der Waals surface area contributed by atoms with Crippen molar-refractivity contribution in [1.82, 2.24) is 10.0 Å². The minimum Gasteiger partial charge on any atom is -0.455 e. The molecule has 0 bridgehead atoms. The van der Waals surface area contributed by atoms with E-state index in [2.05, 4.69) is 15.4 Å². The van der Waals surface area contributed by atoms with Gasteiger partial charge in [0.05, 0.1) is 4.90 Å². The average molecular weight is 385 g/mol. The number of sulfonamides is 1. The molecule has 0 atom stereocenters. The second-order valence-corrected chi connectivity index (χ2v) is 7.66. The van der Waals surface area contributed by atoms with Gasteiger partial charge in [-0.05, 0) is 30.2 Å². The number of nitrogens with one attached hydrogen (secondary N) is 3. The van der Waals surface area contributed by atoms with Gasteiger partial charge in [-0.2, -0.15) is 4.72 Å². The standard InChI is InChI=1S/C16H23N3O6S/c1-11(2)8-17-15(21)10-25-16(22)9-18-26(23,24)14-6-4-13(5-7-14)19-12(3)20/h4-7,11,18H,8-10H2,1-3H3,(H,17,21)(H,19,20). The summed E-state index contributed by atoms with van der Waals surface area (Å²) in [7, 11) is -3.92. The molecule has 0 fully saturated rings. The second kappa shape index (κ2) is 9.88. The fourth-order valence-corrected chi connectivity index (χ4v) is 2.69. The highest BCUT2D eigenvalue weighted by molar-refractivity contribution is 7.89.